The number of ketones is 1. The molecule has 28 heavy (non-hydrogen) atoms. The highest BCUT2D eigenvalue weighted by Gasteiger charge is 2.20. The van der Waals surface area contributed by atoms with Gasteiger partial charge in [-0.15, -0.1) is 0 Å². The molecule has 0 spiro atoms. The van der Waals surface area contributed by atoms with Gasteiger partial charge in [-0.3, -0.25) is 4.79 Å². The van der Waals surface area contributed by atoms with Gasteiger partial charge < -0.3 is 9.84 Å². The van der Waals surface area contributed by atoms with Gasteiger partial charge in [0.15, 0.2) is 5.78 Å². The van der Waals surface area contributed by atoms with Crippen LogP contribution in [-0.2, 0) is 11.2 Å². The van der Waals surface area contributed by atoms with Crippen LogP contribution in [0.3, 0.4) is 0 Å². The van der Waals surface area contributed by atoms with Crippen LogP contribution in [0.5, 0.6) is 5.75 Å². The van der Waals surface area contributed by atoms with E-state index in [1.165, 1.54) is 5.56 Å². The van der Waals surface area contributed by atoms with E-state index in [4.69, 9.17) is 4.74 Å². The SMILES string of the molecule is CCOc1ccc(C#Cc2ccc(CC(C)CC(=O)C(O)C(C)C)cc2)cc1. The fourth-order valence-corrected chi connectivity index (χ4v) is 2.98. The Morgan fingerprint density at radius 3 is 2.00 bits per heavy atom. The first kappa shape index (κ1) is 21.7. The maximum absolute atomic E-state index is 12.0. The van der Waals surface area contributed by atoms with Crippen LogP contribution >= 0.6 is 0 Å². The molecule has 0 radical (unpaired) electrons. The lowest BCUT2D eigenvalue weighted by Crippen LogP contribution is -2.27. The van der Waals surface area contributed by atoms with E-state index in [9.17, 15) is 9.90 Å². The molecule has 2 aromatic carbocycles. The molecule has 3 heteroatoms. The topological polar surface area (TPSA) is 46.5 Å². The third-order valence-corrected chi connectivity index (χ3v) is 4.57. The van der Waals surface area contributed by atoms with Gasteiger partial charge in [0.25, 0.3) is 0 Å². The van der Waals surface area contributed by atoms with Gasteiger partial charge in [0.2, 0.25) is 0 Å². The number of carbonyl (C=O) groups is 1. The largest absolute Gasteiger partial charge is 0.494 e. The Morgan fingerprint density at radius 2 is 1.50 bits per heavy atom. The number of Topliss-reactive ketones (excluding diaryl/α,β-unsaturated/α-hetero) is 1. The number of aliphatic hydroxyl groups excluding tert-OH is 1. The summed E-state index contributed by atoms with van der Waals surface area (Å²) in [6.45, 7) is 8.39. The Morgan fingerprint density at radius 1 is 0.964 bits per heavy atom. The summed E-state index contributed by atoms with van der Waals surface area (Å²) in [6, 6.07) is 15.9. The molecule has 0 bridgehead atoms. The van der Waals surface area contributed by atoms with E-state index in [-0.39, 0.29) is 17.6 Å². The smallest absolute Gasteiger partial charge is 0.161 e. The molecule has 0 aliphatic heterocycles. The maximum Gasteiger partial charge on any atom is 0.161 e. The number of benzene rings is 2. The molecule has 0 aliphatic rings. The number of rotatable bonds is 8. The summed E-state index contributed by atoms with van der Waals surface area (Å²) in [7, 11) is 0. The van der Waals surface area contributed by atoms with Gasteiger partial charge in [-0.25, -0.2) is 0 Å². The number of hydrogen-bond donors (Lipinski definition) is 1. The van der Waals surface area contributed by atoms with Crippen molar-refractivity contribution in [2.45, 2.75) is 46.6 Å². The van der Waals surface area contributed by atoms with Crippen molar-refractivity contribution in [1.29, 1.82) is 0 Å². The molecule has 1 N–H and O–H groups in total. The van der Waals surface area contributed by atoms with Crippen LogP contribution in [0.2, 0.25) is 0 Å². The predicted molar refractivity (Wildman–Crippen MR) is 113 cm³/mol. The lowest BCUT2D eigenvalue weighted by Gasteiger charge is -2.16. The van der Waals surface area contributed by atoms with E-state index in [0.29, 0.717) is 13.0 Å². The lowest BCUT2D eigenvalue weighted by molar-refractivity contribution is -0.129. The maximum atomic E-state index is 12.0. The Bertz CT molecular complexity index is 808. The Balaban J connectivity index is 1.92. The fraction of sp³-hybridized carbons (Fsp3) is 0.400. The Hall–Kier alpha value is -2.57. The van der Waals surface area contributed by atoms with Crippen molar-refractivity contribution in [2.24, 2.45) is 11.8 Å². The monoisotopic (exact) mass is 378 g/mol. The van der Waals surface area contributed by atoms with Gasteiger partial charge in [-0.1, -0.05) is 44.7 Å². The van der Waals surface area contributed by atoms with Crippen molar-refractivity contribution in [2.75, 3.05) is 6.61 Å². The summed E-state index contributed by atoms with van der Waals surface area (Å²) < 4.78 is 5.43. The fourth-order valence-electron chi connectivity index (χ4n) is 2.98. The van der Waals surface area contributed by atoms with E-state index in [0.717, 1.165) is 23.3 Å². The summed E-state index contributed by atoms with van der Waals surface area (Å²) in [5.41, 5.74) is 3.07. The zero-order valence-corrected chi connectivity index (χ0v) is 17.2. The zero-order chi connectivity index (χ0) is 20.5. The van der Waals surface area contributed by atoms with Crippen LogP contribution in [0.1, 0.15) is 50.8 Å². The van der Waals surface area contributed by atoms with E-state index >= 15 is 0 Å². The summed E-state index contributed by atoms with van der Waals surface area (Å²) in [6.07, 6.45) is 0.352. The van der Waals surface area contributed by atoms with Crippen LogP contribution in [0, 0.1) is 23.7 Å². The highest BCUT2D eigenvalue weighted by molar-refractivity contribution is 5.83. The molecule has 0 heterocycles. The van der Waals surface area contributed by atoms with Crippen molar-refractivity contribution in [3.63, 3.8) is 0 Å². The molecule has 2 rings (SSSR count). The first-order chi connectivity index (χ1) is 13.4. The predicted octanol–water partition coefficient (Wildman–Crippen LogP) is 4.64. The molecule has 148 valence electrons. The minimum absolute atomic E-state index is 0.0343. The van der Waals surface area contributed by atoms with Gasteiger partial charge in [-0.05, 0) is 67.1 Å². The van der Waals surface area contributed by atoms with Crippen molar-refractivity contribution in [3.05, 3.63) is 65.2 Å². The molecule has 0 saturated heterocycles. The lowest BCUT2D eigenvalue weighted by atomic mass is 9.91. The second kappa shape index (κ2) is 10.7. The van der Waals surface area contributed by atoms with Gasteiger partial charge in [0.05, 0.1) is 6.61 Å². The summed E-state index contributed by atoms with van der Waals surface area (Å²) >= 11 is 0. The second-order valence-corrected chi connectivity index (χ2v) is 7.57. The highest BCUT2D eigenvalue weighted by Crippen LogP contribution is 2.16. The molecule has 2 unspecified atom stereocenters. The molecule has 0 amide bonds. The van der Waals surface area contributed by atoms with Gasteiger partial charge in [0.1, 0.15) is 11.9 Å². The standard InChI is InChI=1S/C25H30O3/c1-5-28-23-14-12-21(13-15-23)7-6-20-8-10-22(11-9-20)16-19(4)17-24(26)25(27)18(2)3/h8-15,18-19,25,27H,5,16-17H2,1-4H3. The van der Waals surface area contributed by atoms with Crippen LogP contribution < -0.4 is 4.74 Å². The molecule has 2 atom stereocenters. The third kappa shape index (κ3) is 6.87. The van der Waals surface area contributed by atoms with E-state index in [1.54, 1.807) is 0 Å². The normalized spacial score (nSPS) is 12.8. The number of aliphatic hydroxyl groups is 1. The third-order valence-electron chi connectivity index (χ3n) is 4.57. The van der Waals surface area contributed by atoms with E-state index in [2.05, 4.69) is 24.0 Å². The average Bonchev–Trinajstić information content (AvgIpc) is 2.68. The Kier molecular flexibility index (Phi) is 8.29. The van der Waals surface area contributed by atoms with Crippen LogP contribution in [0.25, 0.3) is 0 Å². The molecule has 3 nitrogen and oxygen atoms in total. The number of carbonyl (C=O) groups excluding carboxylic acids is 1. The van der Waals surface area contributed by atoms with Crippen molar-refractivity contribution < 1.29 is 14.6 Å². The molecule has 0 aromatic heterocycles. The summed E-state index contributed by atoms with van der Waals surface area (Å²) in [5, 5.41) is 9.87. The zero-order valence-electron chi connectivity index (χ0n) is 17.2. The molecular formula is C25H30O3. The van der Waals surface area contributed by atoms with Crippen molar-refractivity contribution in [1.82, 2.24) is 0 Å². The van der Waals surface area contributed by atoms with Crippen molar-refractivity contribution >= 4 is 5.78 Å². The molecule has 0 saturated carbocycles. The minimum Gasteiger partial charge on any atom is -0.494 e. The summed E-state index contributed by atoms with van der Waals surface area (Å²) in [4.78, 5) is 12.0. The van der Waals surface area contributed by atoms with Crippen LogP contribution in [0.15, 0.2) is 48.5 Å². The summed E-state index contributed by atoms with van der Waals surface area (Å²) in [5.74, 6) is 7.28. The van der Waals surface area contributed by atoms with Crippen LogP contribution in [0.4, 0.5) is 0 Å². The molecule has 0 aliphatic carbocycles. The van der Waals surface area contributed by atoms with Crippen LogP contribution in [-0.4, -0.2) is 23.6 Å². The molecular weight excluding hydrogens is 348 g/mol. The Labute approximate surface area is 168 Å². The first-order valence-corrected chi connectivity index (χ1v) is 9.93. The molecule has 0 fully saturated rings. The highest BCUT2D eigenvalue weighted by atomic mass is 16.5. The second-order valence-electron chi connectivity index (χ2n) is 7.57. The van der Waals surface area contributed by atoms with Crippen molar-refractivity contribution in [3.8, 4) is 17.6 Å². The number of ether oxygens (including phenoxy) is 1. The van der Waals surface area contributed by atoms with E-state index < -0.39 is 6.10 Å². The van der Waals surface area contributed by atoms with E-state index in [1.807, 2.05) is 64.1 Å². The van der Waals surface area contributed by atoms with Gasteiger partial charge in [-0.2, -0.15) is 0 Å². The van der Waals surface area contributed by atoms with Gasteiger partial charge in [0, 0.05) is 17.5 Å². The number of hydrogen-bond acceptors (Lipinski definition) is 3. The molecule has 2 aromatic rings. The average molecular weight is 379 g/mol. The first-order valence-electron chi connectivity index (χ1n) is 9.93. The minimum atomic E-state index is -0.859. The van der Waals surface area contributed by atoms with Gasteiger partial charge >= 0.3 is 0 Å². The quantitative estimate of drug-likeness (QED) is 0.681.